The van der Waals surface area contributed by atoms with Gasteiger partial charge in [0.2, 0.25) is 0 Å². The molecule has 0 saturated carbocycles. The molecule has 0 aromatic heterocycles. The second-order valence-corrected chi connectivity index (χ2v) is 16.9. The molecule has 2 N–H and O–H groups in total. The fraction of sp³-hybridized carbons (Fsp3) is 1.00. The molecular formula is C31H70N2O8P2+2. The van der Waals surface area contributed by atoms with Crippen LogP contribution in [-0.2, 0) is 27.2 Å². The number of phosphoric ester groups is 2. The first-order valence-electron chi connectivity index (χ1n) is 17.0. The molecule has 2 atom stereocenters. The van der Waals surface area contributed by atoms with Crippen LogP contribution in [0.1, 0.15) is 122 Å². The molecule has 0 aromatic carbocycles. The third-order valence-corrected chi connectivity index (χ3v) is 9.37. The fourth-order valence-corrected chi connectivity index (χ4v) is 6.00. The first kappa shape index (κ1) is 43.1. The molecule has 0 radical (unpaired) electrons. The molecule has 0 aliphatic carbocycles. The van der Waals surface area contributed by atoms with E-state index in [0.717, 1.165) is 38.5 Å². The molecule has 10 nitrogen and oxygen atoms in total. The molecule has 0 bridgehead atoms. The van der Waals surface area contributed by atoms with Gasteiger partial charge in [0.1, 0.15) is 26.3 Å². The molecule has 0 spiro atoms. The summed E-state index contributed by atoms with van der Waals surface area (Å²) in [5, 5.41) is 0. The Bertz CT molecular complexity index is 684. The largest absolute Gasteiger partial charge is 0.472 e. The summed E-state index contributed by atoms with van der Waals surface area (Å²) in [7, 11) is 4.23. The van der Waals surface area contributed by atoms with E-state index >= 15 is 0 Å². The minimum atomic E-state index is -3.91. The van der Waals surface area contributed by atoms with Gasteiger partial charge in [0.05, 0.1) is 55.5 Å². The van der Waals surface area contributed by atoms with E-state index in [1.165, 1.54) is 83.5 Å². The van der Waals surface area contributed by atoms with E-state index in [4.69, 9.17) is 18.1 Å². The third kappa shape index (κ3) is 34.8. The average molecular weight is 661 g/mol. The molecule has 0 rings (SSSR count). The molecule has 0 aliphatic heterocycles. The normalized spacial score (nSPS) is 15.4. The Morgan fingerprint density at radius 2 is 0.558 bits per heavy atom. The van der Waals surface area contributed by atoms with Crippen LogP contribution < -0.4 is 0 Å². The van der Waals surface area contributed by atoms with Gasteiger partial charge in [-0.1, -0.05) is 109 Å². The van der Waals surface area contributed by atoms with Crippen LogP contribution in [0.3, 0.4) is 0 Å². The van der Waals surface area contributed by atoms with Crippen LogP contribution in [0.15, 0.2) is 0 Å². The van der Waals surface area contributed by atoms with Crippen LogP contribution in [0, 0.1) is 0 Å². The number of likely N-dealkylation sites (N-methyl/N-ethyl adjacent to an activating group) is 2. The van der Waals surface area contributed by atoms with Gasteiger partial charge in [0.15, 0.2) is 0 Å². The second-order valence-electron chi connectivity index (χ2n) is 14.0. The standard InChI is InChI=1S/C31H68N2O8P2/c1-32(2,3)26-30-40-42(34,35)38-28-24-22-20-18-16-14-12-10-8-7-9-11-13-15-17-19-21-23-25-29-39-43(36,37)41-31-27-33(4,5)6/h7-31H2,1-6H3/p+2. The Kier molecular flexibility index (Phi) is 25.3. The summed E-state index contributed by atoms with van der Waals surface area (Å²) >= 11 is 0. The quantitative estimate of drug-likeness (QED) is 0.0423. The van der Waals surface area contributed by atoms with Crippen molar-refractivity contribution in [1.29, 1.82) is 0 Å². The van der Waals surface area contributed by atoms with E-state index in [-0.39, 0.29) is 26.4 Å². The predicted molar refractivity (Wildman–Crippen MR) is 177 cm³/mol. The number of nitrogens with zero attached hydrogens (tertiary/aromatic N) is 2. The highest BCUT2D eigenvalue weighted by Crippen LogP contribution is 2.44. The first-order valence-corrected chi connectivity index (χ1v) is 20.0. The maximum atomic E-state index is 11.9. The van der Waals surface area contributed by atoms with Gasteiger partial charge in [-0.15, -0.1) is 0 Å². The monoisotopic (exact) mass is 660 g/mol. The third-order valence-electron chi connectivity index (χ3n) is 7.33. The van der Waals surface area contributed by atoms with Gasteiger partial charge in [0.25, 0.3) is 0 Å². The smallest absolute Gasteiger partial charge is 0.329 e. The SMILES string of the molecule is C[N+](C)(C)CCOP(=O)(O)OCCCCCCCCCCCCCCCCCCCCCOP(=O)(O)OCC[N+](C)(C)C. The summed E-state index contributed by atoms with van der Waals surface area (Å²) in [5.74, 6) is 0. The molecule has 0 fully saturated rings. The van der Waals surface area contributed by atoms with Gasteiger partial charge in [-0.05, 0) is 12.8 Å². The van der Waals surface area contributed by atoms with E-state index < -0.39 is 15.6 Å². The van der Waals surface area contributed by atoms with Crippen LogP contribution in [0.2, 0.25) is 0 Å². The van der Waals surface area contributed by atoms with Crippen LogP contribution in [0.4, 0.5) is 0 Å². The molecule has 43 heavy (non-hydrogen) atoms. The average Bonchev–Trinajstić information content (AvgIpc) is 2.87. The summed E-state index contributed by atoms with van der Waals surface area (Å²) in [6.07, 6.45) is 22.9. The minimum Gasteiger partial charge on any atom is -0.329 e. The topological polar surface area (TPSA) is 112 Å². The van der Waals surface area contributed by atoms with E-state index in [0.29, 0.717) is 22.1 Å². The molecule has 12 heteroatoms. The number of rotatable bonds is 32. The molecule has 260 valence electrons. The number of quaternary nitrogens is 2. The van der Waals surface area contributed by atoms with Crippen molar-refractivity contribution in [3.05, 3.63) is 0 Å². The van der Waals surface area contributed by atoms with Gasteiger partial charge in [-0.3, -0.25) is 18.1 Å². The number of hydrogen-bond donors (Lipinski definition) is 2. The van der Waals surface area contributed by atoms with Crippen LogP contribution in [-0.4, -0.2) is 101 Å². The lowest BCUT2D eigenvalue weighted by molar-refractivity contribution is -0.870. The van der Waals surface area contributed by atoms with Gasteiger partial charge in [-0.2, -0.15) is 0 Å². The first-order chi connectivity index (χ1) is 20.1. The van der Waals surface area contributed by atoms with Gasteiger partial charge >= 0.3 is 15.6 Å². The Balaban J connectivity index is 3.32. The zero-order chi connectivity index (χ0) is 32.5. The lowest BCUT2D eigenvalue weighted by Crippen LogP contribution is -2.37. The van der Waals surface area contributed by atoms with Gasteiger partial charge in [0, 0.05) is 0 Å². The summed E-state index contributed by atoms with van der Waals surface area (Å²) in [5.41, 5.74) is 0. The molecular weight excluding hydrogens is 590 g/mol. The number of phosphoric acid groups is 2. The molecule has 0 aliphatic rings. The fourth-order valence-electron chi connectivity index (χ4n) is 4.50. The summed E-state index contributed by atoms with van der Waals surface area (Å²) < 4.78 is 45.3. The lowest BCUT2D eigenvalue weighted by Gasteiger charge is -2.24. The van der Waals surface area contributed by atoms with E-state index in [9.17, 15) is 18.9 Å². The van der Waals surface area contributed by atoms with Crippen LogP contribution in [0.5, 0.6) is 0 Å². The molecule has 2 unspecified atom stereocenters. The summed E-state index contributed by atoms with van der Waals surface area (Å²) in [6, 6.07) is 0. The number of unbranched alkanes of at least 4 members (excludes halogenated alkanes) is 18. The van der Waals surface area contributed by atoms with E-state index in [2.05, 4.69) is 0 Å². The van der Waals surface area contributed by atoms with Crippen molar-refractivity contribution in [1.82, 2.24) is 0 Å². The van der Waals surface area contributed by atoms with Crippen molar-refractivity contribution in [2.75, 3.05) is 81.8 Å². The van der Waals surface area contributed by atoms with Crippen molar-refractivity contribution in [2.24, 2.45) is 0 Å². The predicted octanol–water partition coefficient (Wildman–Crippen LogP) is 8.08. The van der Waals surface area contributed by atoms with Crippen molar-refractivity contribution in [2.45, 2.75) is 122 Å². The molecule has 0 amide bonds. The van der Waals surface area contributed by atoms with E-state index in [1.807, 2.05) is 42.3 Å². The zero-order valence-corrected chi connectivity index (χ0v) is 30.6. The summed E-state index contributed by atoms with van der Waals surface area (Å²) in [4.78, 5) is 19.4. The number of hydrogen-bond acceptors (Lipinski definition) is 6. The van der Waals surface area contributed by atoms with Crippen molar-refractivity contribution in [3.63, 3.8) is 0 Å². The highest BCUT2D eigenvalue weighted by atomic mass is 31.2. The maximum Gasteiger partial charge on any atom is 0.472 e. The highest BCUT2D eigenvalue weighted by Gasteiger charge is 2.23. The molecule has 0 saturated heterocycles. The van der Waals surface area contributed by atoms with Crippen LogP contribution in [0.25, 0.3) is 0 Å². The van der Waals surface area contributed by atoms with Crippen molar-refractivity contribution in [3.8, 4) is 0 Å². The van der Waals surface area contributed by atoms with Crippen LogP contribution >= 0.6 is 15.6 Å². The molecule has 0 heterocycles. The molecule has 0 aromatic rings. The second kappa shape index (κ2) is 25.3. The highest BCUT2D eigenvalue weighted by molar-refractivity contribution is 7.47. The van der Waals surface area contributed by atoms with Gasteiger partial charge in [-0.25, -0.2) is 9.13 Å². The Morgan fingerprint density at radius 3 is 0.767 bits per heavy atom. The summed E-state index contributed by atoms with van der Waals surface area (Å²) in [6.45, 7) is 2.30. The van der Waals surface area contributed by atoms with E-state index in [1.54, 1.807) is 0 Å². The Hall–Kier alpha value is 0.140. The van der Waals surface area contributed by atoms with Gasteiger partial charge < -0.3 is 18.8 Å². The maximum absolute atomic E-state index is 11.9. The Morgan fingerprint density at radius 1 is 0.372 bits per heavy atom. The lowest BCUT2D eigenvalue weighted by atomic mass is 10.0. The zero-order valence-electron chi connectivity index (χ0n) is 28.8. The Labute approximate surface area is 265 Å². The van der Waals surface area contributed by atoms with Crippen molar-refractivity contribution < 1.29 is 46.0 Å². The van der Waals surface area contributed by atoms with Crippen molar-refractivity contribution >= 4 is 15.6 Å². The minimum absolute atomic E-state index is 0.215.